The van der Waals surface area contributed by atoms with E-state index in [1.54, 1.807) is 26.1 Å². The van der Waals surface area contributed by atoms with Crippen molar-refractivity contribution in [2.24, 2.45) is 5.73 Å². The molecule has 5 amide bonds. The van der Waals surface area contributed by atoms with E-state index >= 15 is 0 Å². The van der Waals surface area contributed by atoms with E-state index in [1.807, 2.05) is 19.0 Å². The van der Waals surface area contributed by atoms with Crippen LogP contribution in [0.15, 0.2) is 12.3 Å². The number of rotatable bonds is 11. The molecular formula is C35H60N8O6. The summed E-state index contributed by atoms with van der Waals surface area (Å²) in [5.41, 5.74) is 7.01. The van der Waals surface area contributed by atoms with Gasteiger partial charge in [-0.05, 0) is 118 Å². The van der Waals surface area contributed by atoms with Crippen molar-refractivity contribution in [3.63, 3.8) is 0 Å². The molecule has 0 aromatic carbocycles. The molecule has 49 heavy (non-hydrogen) atoms. The highest BCUT2D eigenvalue weighted by atomic mass is 16.2. The molecule has 1 aliphatic heterocycles. The van der Waals surface area contributed by atoms with Gasteiger partial charge in [-0.15, -0.1) is 0 Å². The number of Topliss-reactive ketones (excluding diaryl/α,β-unsaturated/α-hetero) is 1. The minimum Gasteiger partial charge on any atom is -0.364 e. The summed E-state index contributed by atoms with van der Waals surface area (Å²) in [6.45, 7) is 4.98. The largest absolute Gasteiger partial charge is 0.364 e. The van der Waals surface area contributed by atoms with E-state index in [9.17, 15) is 28.8 Å². The van der Waals surface area contributed by atoms with E-state index in [2.05, 4.69) is 31.6 Å². The third kappa shape index (κ3) is 16.5. The third-order valence-electron chi connectivity index (χ3n) is 8.42. The van der Waals surface area contributed by atoms with Crippen molar-refractivity contribution in [2.45, 2.75) is 128 Å². The molecular weight excluding hydrogens is 628 g/mol. The summed E-state index contributed by atoms with van der Waals surface area (Å²) in [5, 5.41) is 13.9. The van der Waals surface area contributed by atoms with Gasteiger partial charge in [-0.2, -0.15) is 0 Å². The number of aryl methyl sites for hydroxylation is 1. The molecule has 1 aromatic rings. The number of nitrogens with zero attached hydrogens (tertiary/aromatic N) is 1. The second kappa shape index (κ2) is 22.8. The van der Waals surface area contributed by atoms with E-state index in [4.69, 9.17) is 5.73 Å². The Labute approximate surface area is 291 Å². The Hall–Kier alpha value is -3.78. The van der Waals surface area contributed by atoms with Crippen LogP contribution in [-0.2, 0) is 30.4 Å². The predicted molar refractivity (Wildman–Crippen MR) is 189 cm³/mol. The lowest BCUT2D eigenvalue weighted by atomic mass is 10.0. The normalized spacial score (nSPS) is 21.2. The van der Waals surface area contributed by atoms with Gasteiger partial charge in [-0.1, -0.05) is 12.8 Å². The highest BCUT2D eigenvalue weighted by molar-refractivity contribution is 6.38. The molecule has 2 rings (SSSR count). The average Bonchev–Trinajstić information content (AvgIpc) is 3.52. The van der Waals surface area contributed by atoms with Gasteiger partial charge in [-0.25, -0.2) is 0 Å². The van der Waals surface area contributed by atoms with Crippen molar-refractivity contribution < 1.29 is 28.8 Å². The van der Waals surface area contributed by atoms with Crippen LogP contribution in [0.25, 0.3) is 0 Å². The zero-order chi connectivity index (χ0) is 36.2. The molecule has 1 aliphatic rings. The summed E-state index contributed by atoms with van der Waals surface area (Å²) in [6.07, 6.45) is 9.93. The maximum absolute atomic E-state index is 13.8. The van der Waals surface area contributed by atoms with Gasteiger partial charge in [0.25, 0.3) is 11.8 Å². The first-order chi connectivity index (χ1) is 23.4. The van der Waals surface area contributed by atoms with Crippen molar-refractivity contribution in [3.8, 4) is 0 Å². The summed E-state index contributed by atoms with van der Waals surface area (Å²) in [6, 6.07) is -1.56. The van der Waals surface area contributed by atoms with Crippen LogP contribution in [0.5, 0.6) is 0 Å². The van der Waals surface area contributed by atoms with Crippen LogP contribution in [-0.4, -0.2) is 103 Å². The Kier molecular flexibility index (Phi) is 19.2. The number of hydrogen-bond donors (Lipinski definition) is 7. The van der Waals surface area contributed by atoms with Crippen LogP contribution in [0.2, 0.25) is 0 Å². The van der Waals surface area contributed by atoms with Crippen LogP contribution in [0.4, 0.5) is 0 Å². The fraction of sp³-hybridized carbons (Fsp3) is 0.714. The Bertz CT molecular complexity index is 1220. The molecule has 14 nitrogen and oxygen atoms in total. The Balaban J connectivity index is 2.35. The first-order valence-electron chi connectivity index (χ1n) is 18.0. The smallest absolute Gasteiger partial charge is 0.289 e. The molecule has 2 heterocycles. The monoisotopic (exact) mass is 688 g/mol. The molecule has 0 radical (unpaired) electrons. The van der Waals surface area contributed by atoms with Crippen molar-refractivity contribution in [3.05, 3.63) is 23.5 Å². The van der Waals surface area contributed by atoms with Crippen molar-refractivity contribution in [1.82, 2.24) is 36.5 Å². The van der Waals surface area contributed by atoms with E-state index in [1.165, 1.54) is 0 Å². The summed E-state index contributed by atoms with van der Waals surface area (Å²) in [7, 11) is 3.80. The van der Waals surface area contributed by atoms with E-state index in [-0.39, 0.29) is 24.8 Å². The molecule has 2 bridgehead atoms. The number of nitrogens with two attached hydrogens (primary N) is 1. The fourth-order valence-electron chi connectivity index (χ4n) is 5.65. The molecule has 0 aliphatic carbocycles. The van der Waals surface area contributed by atoms with Crippen molar-refractivity contribution in [1.29, 1.82) is 0 Å². The second-order valence-corrected chi connectivity index (χ2v) is 13.5. The number of amides is 5. The number of aromatic amines is 1. The van der Waals surface area contributed by atoms with Crippen LogP contribution in [0.1, 0.15) is 113 Å². The minimum absolute atomic E-state index is 0.0376. The number of hydrogen-bond acceptors (Lipinski definition) is 8. The molecule has 0 saturated heterocycles. The second-order valence-electron chi connectivity index (χ2n) is 13.5. The van der Waals surface area contributed by atoms with Gasteiger partial charge in [0, 0.05) is 30.9 Å². The topological polar surface area (TPSA) is 208 Å². The number of nitrogens with one attached hydrogen (secondary N) is 6. The Morgan fingerprint density at radius 2 is 1.55 bits per heavy atom. The lowest BCUT2D eigenvalue weighted by Gasteiger charge is -2.26. The first-order valence-corrected chi connectivity index (χ1v) is 18.0. The van der Waals surface area contributed by atoms with Crippen LogP contribution < -0.4 is 32.3 Å². The van der Waals surface area contributed by atoms with Crippen molar-refractivity contribution >= 4 is 35.3 Å². The van der Waals surface area contributed by atoms with Crippen molar-refractivity contribution in [2.75, 3.05) is 33.7 Å². The number of fused-ring (bicyclic) bond motifs is 2. The van der Waals surface area contributed by atoms with Crippen LogP contribution in [0.3, 0.4) is 0 Å². The van der Waals surface area contributed by atoms with Gasteiger partial charge >= 0.3 is 0 Å². The van der Waals surface area contributed by atoms with Gasteiger partial charge in [0.1, 0.15) is 12.1 Å². The summed E-state index contributed by atoms with van der Waals surface area (Å²) >= 11 is 0. The van der Waals surface area contributed by atoms with E-state index in [0.717, 1.165) is 37.8 Å². The van der Waals surface area contributed by atoms with Gasteiger partial charge in [-0.3, -0.25) is 28.8 Å². The number of aromatic nitrogens is 1. The average molecular weight is 689 g/mol. The number of unbranched alkanes of at least 4 members (excludes halogenated alkanes) is 1. The van der Waals surface area contributed by atoms with E-state index in [0.29, 0.717) is 70.1 Å². The maximum Gasteiger partial charge on any atom is 0.289 e. The highest BCUT2D eigenvalue weighted by Gasteiger charge is 2.32. The lowest BCUT2D eigenvalue weighted by molar-refractivity contribution is -0.141. The molecule has 0 saturated carbocycles. The molecule has 14 heteroatoms. The predicted octanol–water partition coefficient (Wildman–Crippen LogP) is 1.44. The highest BCUT2D eigenvalue weighted by Crippen LogP contribution is 2.13. The molecule has 8 N–H and O–H groups in total. The SMILES string of the molecule is CC(C)NC(=O)C(=O)[C@@H]1CCCCNC(=O)CCCCCCc2cc(c[nH]2)C(=O)N[C@@H](CCCCN)C(=O)N[C@@H](CCCN(C)C)C(=O)N1. The number of ketones is 1. The zero-order valence-electron chi connectivity index (χ0n) is 30.0. The molecule has 0 spiro atoms. The van der Waals surface area contributed by atoms with Crippen LogP contribution in [0, 0.1) is 0 Å². The Morgan fingerprint density at radius 3 is 2.24 bits per heavy atom. The van der Waals surface area contributed by atoms with Gasteiger partial charge < -0.3 is 42.2 Å². The maximum atomic E-state index is 13.8. The number of carbonyl (C=O) groups excluding carboxylic acids is 6. The molecule has 1 aromatic heterocycles. The first kappa shape index (κ1) is 41.4. The molecule has 0 fully saturated rings. The van der Waals surface area contributed by atoms with Crippen LogP contribution >= 0.6 is 0 Å². The molecule has 0 unspecified atom stereocenters. The quantitative estimate of drug-likeness (QED) is 0.133. The molecule has 3 atom stereocenters. The zero-order valence-corrected chi connectivity index (χ0v) is 30.0. The third-order valence-corrected chi connectivity index (χ3v) is 8.42. The number of carbonyl (C=O) groups is 6. The minimum atomic E-state index is -1.12. The summed E-state index contributed by atoms with van der Waals surface area (Å²) < 4.78 is 0. The lowest BCUT2D eigenvalue weighted by Crippen LogP contribution is -2.57. The Morgan fingerprint density at radius 1 is 0.878 bits per heavy atom. The fourth-order valence-corrected chi connectivity index (χ4v) is 5.65. The summed E-state index contributed by atoms with van der Waals surface area (Å²) in [5.74, 6) is -3.13. The number of H-pyrrole nitrogens is 1. The summed E-state index contributed by atoms with van der Waals surface area (Å²) in [4.78, 5) is 84.2. The van der Waals surface area contributed by atoms with Gasteiger partial charge in [0.2, 0.25) is 23.5 Å². The standard InChI is InChI=1S/C35H60N8O6/c1-24(2)39-35(49)31(45)27-15-10-12-20-37-30(44)18-8-6-5-7-14-26-22-25(23-38-26)32(46)41-28(16-9-11-19-36)34(48)42-29(33(47)40-27)17-13-21-43(3)4/h22-24,27-29,38H,5-21,36H2,1-4H3,(H,37,44)(H,39,49)(H,40,47)(H,41,46)(H,42,48)/t27-,28-,29-/m0/s1. The van der Waals surface area contributed by atoms with Gasteiger partial charge in [0.05, 0.1) is 11.6 Å². The van der Waals surface area contributed by atoms with Gasteiger partial charge in [0.15, 0.2) is 0 Å². The van der Waals surface area contributed by atoms with E-state index < -0.39 is 47.5 Å². The molecule has 276 valence electrons.